The summed E-state index contributed by atoms with van der Waals surface area (Å²) in [4.78, 5) is 7.33. The molecule has 1 aliphatic heterocycles. The van der Waals surface area contributed by atoms with E-state index >= 15 is 0 Å². The van der Waals surface area contributed by atoms with E-state index < -0.39 is 0 Å². The van der Waals surface area contributed by atoms with Crippen LogP contribution in [0, 0.1) is 5.41 Å². The van der Waals surface area contributed by atoms with Crippen LogP contribution < -0.4 is 10.6 Å². The van der Waals surface area contributed by atoms with E-state index in [-0.39, 0.29) is 24.0 Å². The molecule has 0 unspecified atom stereocenters. The first-order chi connectivity index (χ1) is 14.1. The molecule has 0 aromatic carbocycles. The van der Waals surface area contributed by atoms with Gasteiger partial charge < -0.3 is 19.9 Å². The monoisotopic (exact) mass is 533 g/mol. The van der Waals surface area contributed by atoms with E-state index in [9.17, 15) is 0 Å². The zero-order valence-electron chi connectivity index (χ0n) is 18.9. The van der Waals surface area contributed by atoms with E-state index in [0.717, 1.165) is 63.4 Å². The molecule has 0 amide bonds. The van der Waals surface area contributed by atoms with Crippen molar-refractivity contribution in [2.45, 2.75) is 65.3 Å². The molecule has 7 nitrogen and oxygen atoms in total. The molecule has 2 fully saturated rings. The van der Waals surface area contributed by atoms with Gasteiger partial charge in [0, 0.05) is 44.2 Å². The molecule has 0 atom stereocenters. The lowest BCUT2D eigenvalue weighted by Crippen LogP contribution is -2.51. The molecule has 2 aliphatic rings. The number of guanidine groups is 1. The van der Waals surface area contributed by atoms with Gasteiger partial charge in [0.15, 0.2) is 11.7 Å². The van der Waals surface area contributed by atoms with Gasteiger partial charge in [0.25, 0.3) is 0 Å². The van der Waals surface area contributed by atoms with Crippen LogP contribution in [0.2, 0.25) is 0 Å². The number of rotatable bonds is 8. The maximum atomic E-state index is 5.54. The van der Waals surface area contributed by atoms with Crippen molar-refractivity contribution in [2.24, 2.45) is 10.4 Å². The zero-order chi connectivity index (χ0) is 20.5. The van der Waals surface area contributed by atoms with Gasteiger partial charge in [-0.05, 0) is 25.7 Å². The van der Waals surface area contributed by atoms with Crippen LogP contribution in [-0.2, 0) is 11.3 Å². The molecule has 1 saturated carbocycles. The molecule has 2 heterocycles. The lowest BCUT2D eigenvalue weighted by Gasteiger charge is -2.42. The molecule has 0 bridgehead atoms. The summed E-state index contributed by atoms with van der Waals surface area (Å²) in [6.07, 6.45) is 6.60. The number of nitrogens with zero attached hydrogens (tertiary/aromatic N) is 3. The third kappa shape index (κ3) is 7.67. The van der Waals surface area contributed by atoms with Crippen molar-refractivity contribution in [1.29, 1.82) is 0 Å². The fourth-order valence-electron chi connectivity index (χ4n) is 4.37. The molecule has 30 heavy (non-hydrogen) atoms. The number of morpholine rings is 1. The first-order valence-electron chi connectivity index (χ1n) is 11.4. The van der Waals surface area contributed by atoms with Crippen molar-refractivity contribution in [3.8, 4) is 0 Å². The molecular weight excluding hydrogens is 493 g/mol. The van der Waals surface area contributed by atoms with Gasteiger partial charge >= 0.3 is 0 Å². The van der Waals surface area contributed by atoms with E-state index in [1.807, 2.05) is 6.07 Å². The summed E-state index contributed by atoms with van der Waals surface area (Å²) in [6, 6.07) is 2.01. The average Bonchev–Trinajstić information content (AvgIpc) is 3.21. The lowest BCUT2D eigenvalue weighted by atomic mass is 9.73. The van der Waals surface area contributed by atoms with Crippen molar-refractivity contribution in [3.63, 3.8) is 0 Å². The first-order valence-corrected chi connectivity index (χ1v) is 11.4. The molecule has 172 valence electrons. The van der Waals surface area contributed by atoms with Crippen LogP contribution in [0.3, 0.4) is 0 Å². The largest absolute Gasteiger partial charge is 0.379 e. The average molecular weight is 533 g/mol. The molecule has 1 aliphatic carbocycles. The summed E-state index contributed by atoms with van der Waals surface area (Å²) in [5.41, 5.74) is 1.31. The maximum absolute atomic E-state index is 5.54. The van der Waals surface area contributed by atoms with Crippen LogP contribution in [-0.4, -0.2) is 62.0 Å². The Morgan fingerprint density at radius 3 is 2.57 bits per heavy atom. The third-order valence-corrected chi connectivity index (χ3v) is 6.11. The van der Waals surface area contributed by atoms with E-state index in [4.69, 9.17) is 14.3 Å². The van der Waals surface area contributed by atoms with Crippen molar-refractivity contribution in [1.82, 2.24) is 20.7 Å². The molecule has 0 spiro atoms. The Kier molecular flexibility index (Phi) is 10.9. The Labute approximate surface area is 198 Å². The zero-order valence-corrected chi connectivity index (χ0v) is 21.2. The second kappa shape index (κ2) is 12.9. The minimum Gasteiger partial charge on any atom is -0.379 e. The second-order valence-electron chi connectivity index (χ2n) is 8.87. The van der Waals surface area contributed by atoms with Crippen LogP contribution >= 0.6 is 24.0 Å². The standard InChI is InChI=1S/C22H39N5O2.HI/c1-4-23-21(24-15-19-14-20(18(2)3)26-29-19)25-16-22(8-6-5-7-9-22)17-27-10-12-28-13-11-27;/h14,18H,4-13,15-17H2,1-3H3,(H2,23,24,25);1H. The topological polar surface area (TPSA) is 74.9 Å². The maximum Gasteiger partial charge on any atom is 0.191 e. The normalized spacial score (nSPS) is 20.1. The van der Waals surface area contributed by atoms with Crippen LogP contribution in [0.1, 0.15) is 70.2 Å². The van der Waals surface area contributed by atoms with E-state index in [1.54, 1.807) is 0 Å². The van der Waals surface area contributed by atoms with Gasteiger partial charge in [0.1, 0.15) is 6.54 Å². The predicted molar refractivity (Wildman–Crippen MR) is 132 cm³/mol. The van der Waals surface area contributed by atoms with Crippen LogP contribution in [0.25, 0.3) is 0 Å². The van der Waals surface area contributed by atoms with Gasteiger partial charge in [-0.3, -0.25) is 4.90 Å². The molecule has 1 aromatic heterocycles. The van der Waals surface area contributed by atoms with Gasteiger partial charge in [0.2, 0.25) is 0 Å². The van der Waals surface area contributed by atoms with Crippen LogP contribution in [0.15, 0.2) is 15.6 Å². The number of ether oxygens (including phenoxy) is 1. The third-order valence-electron chi connectivity index (χ3n) is 6.11. The highest BCUT2D eigenvalue weighted by Gasteiger charge is 2.34. The van der Waals surface area contributed by atoms with E-state index in [2.05, 4.69) is 41.5 Å². The summed E-state index contributed by atoms with van der Waals surface area (Å²) >= 11 is 0. The highest BCUT2D eigenvalue weighted by molar-refractivity contribution is 14.0. The Morgan fingerprint density at radius 1 is 1.20 bits per heavy atom. The van der Waals surface area contributed by atoms with Gasteiger partial charge in [-0.25, -0.2) is 4.99 Å². The molecule has 0 radical (unpaired) electrons. The smallest absolute Gasteiger partial charge is 0.191 e. The Balaban J connectivity index is 0.00000320. The molecule has 1 aromatic rings. The second-order valence-corrected chi connectivity index (χ2v) is 8.87. The van der Waals surface area contributed by atoms with Crippen molar-refractivity contribution >= 4 is 29.9 Å². The van der Waals surface area contributed by atoms with Gasteiger partial charge in [-0.15, -0.1) is 24.0 Å². The Bertz CT molecular complexity index is 637. The Hall–Kier alpha value is -0.870. The molecular formula is C22H40IN5O2. The van der Waals surface area contributed by atoms with Gasteiger partial charge in [-0.2, -0.15) is 0 Å². The van der Waals surface area contributed by atoms with Crippen molar-refractivity contribution < 1.29 is 9.26 Å². The lowest BCUT2D eigenvalue weighted by molar-refractivity contribution is 0.00820. The minimum absolute atomic E-state index is 0. The van der Waals surface area contributed by atoms with Crippen molar-refractivity contribution in [2.75, 3.05) is 45.9 Å². The minimum atomic E-state index is 0. The molecule has 1 saturated heterocycles. The first kappa shape index (κ1) is 25.4. The van der Waals surface area contributed by atoms with Crippen molar-refractivity contribution in [3.05, 3.63) is 17.5 Å². The number of aromatic nitrogens is 1. The number of hydrogen-bond acceptors (Lipinski definition) is 5. The summed E-state index contributed by atoms with van der Waals surface area (Å²) < 4.78 is 11.0. The summed E-state index contributed by atoms with van der Waals surface area (Å²) in [6.45, 7) is 13.6. The fourth-order valence-corrected chi connectivity index (χ4v) is 4.37. The van der Waals surface area contributed by atoms with E-state index in [0.29, 0.717) is 17.9 Å². The summed E-state index contributed by atoms with van der Waals surface area (Å²) in [5, 5.41) is 11.2. The number of nitrogens with one attached hydrogen (secondary N) is 2. The number of aliphatic imine (C=N–C) groups is 1. The predicted octanol–water partition coefficient (Wildman–Crippen LogP) is 3.75. The van der Waals surface area contributed by atoms with Gasteiger partial charge in [0.05, 0.1) is 18.9 Å². The van der Waals surface area contributed by atoms with Gasteiger partial charge in [-0.1, -0.05) is 38.3 Å². The van der Waals surface area contributed by atoms with Crippen LogP contribution in [0.5, 0.6) is 0 Å². The quantitative estimate of drug-likeness (QED) is 0.301. The summed E-state index contributed by atoms with van der Waals surface area (Å²) in [5.74, 6) is 2.04. The number of hydrogen-bond donors (Lipinski definition) is 2. The van der Waals surface area contributed by atoms with E-state index in [1.165, 1.54) is 32.1 Å². The molecule has 3 rings (SSSR count). The Morgan fingerprint density at radius 2 is 1.93 bits per heavy atom. The summed E-state index contributed by atoms with van der Waals surface area (Å²) in [7, 11) is 0. The molecule has 8 heteroatoms. The number of halogens is 1. The molecule has 2 N–H and O–H groups in total. The van der Waals surface area contributed by atoms with Crippen LogP contribution in [0.4, 0.5) is 0 Å². The highest BCUT2D eigenvalue weighted by Crippen LogP contribution is 2.36. The fraction of sp³-hybridized carbons (Fsp3) is 0.818. The SMILES string of the molecule is CCNC(=NCc1cc(C(C)C)no1)NCC1(CN2CCOCC2)CCCCC1.I. The highest BCUT2D eigenvalue weighted by atomic mass is 127.